The summed E-state index contributed by atoms with van der Waals surface area (Å²) >= 11 is 0. The first-order valence-electron chi connectivity index (χ1n) is 7.77. The molecule has 3 atom stereocenters. The average Bonchev–Trinajstić information content (AvgIpc) is 2.98. The highest BCUT2D eigenvalue weighted by Crippen LogP contribution is 2.37. The molecule has 2 fully saturated rings. The van der Waals surface area contributed by atoms with E-state index in [1.54, 1.807) is 0 Å². The Morgan fingerprint density at radius 3 is 2.79 bits per heavy atom. The normalized spacial score (nSPS) is 29.6. The number of aliphatic carboxylic acids is 1. The molecule has 0 amide bonds. The average molecular weight is 268 g/mol. The molecular formula is C15H28N2O2. The molecule has 3 unspecified atom stereocenters. The highest BCUT2D eigenvalue weighted by atomic mass is 16.4. The Kier molecular flexibility index (Phi) is 4.85. The minimum absolute atomic E-state index is 0.718. The van der Waals surface area contributed by atoms with E-state index in [-0.39, 0.29) is 0 Å². The van der Waals surface area contributed by atoms with Crippen LogP contribution in [0.15, 0.2) is 0 Å². The smallest absolute Gasteiger partial charge is 0.323 e. The topological polar surface area (TPSA) is 52.6 Å². The van der Waals surface area contributed by atoms with Gasteiger partial charge in [0.25, 0.3) is 0 Å². The largest absolute Gasteiger partial charge is 0.480 e. The first-order chi connectivity index (χ1) is 9.05. The van der Waals surface area contributed by atoms with Crippen LogP contribution in [0.1, 0.15) is 52.4 Å². The molecule has 0 aromatic heterocycles. The first-order valence-corrected chi connectivity index (χ1v) is 7.77. The van der Waals surface area contributed by atoms with Gasteiger partial charge in [0.1, 0.15) is 5.54 Å². The summed E-state index contributed by atoms with van der Waals surface area (Å²) in [5.74, 6) is 0.206. The number of carboxylic acids is 1. The SMILES string of the molecule is CCCNC(C)(CCCN1CC2CCC1C2)C(=O)O. The van der Waals surface area contributed by atoms with E-state index in [0.717, 1.165) is 44.3 Å². The van der Waals surface area contributed by atoms with Crippen LogP contribution >= 0.6 is 0 Å². The number of fused-ring (bicyclic) bond motifs is 2. The van der Waals surface area contributed by atoms with E-state index < -0.39 is 11.5 Å². The Labute approximate surface area is 116 Å². The Hall–Kier alpha value is -0.610. The number of rotatable bonds is 8. The molecule has 0 aromatic carbocycles. The number of carboxylic acid groups (broad SMARTS) is 1. The lowest BCUT2D eigenvalue weighted by molar-refractivity contribution is -0.144. The van der Waals surface area contributed by atoms with Gasteiger partial charge in [0.2, 0.25) is 0 Å². The van der Waals surface area contributed by atoms with Crippen LogP contribution in [0.25, 0.3) is 0 Å². The van der Waals surface area contributed by atoms with Crippen molar-refractivity contribution in [1.29, 1.82) is 0 Å². The zero-order valence-corrected chi connectivity index (χ0v) is 12.3. The minimum atomic E-state index is -0.755. The molecule has 1 saturated heterocycles. The molecule has 1 aliphatic heterocycles. The van der Waals surface area contributed by atoms with Crippen LogP contribution in [0.3, 0.4) is 0 Å². The van der Waals surface area contributed by atoms with Crippen LogP contribution in [0.4, 0.5) is 0 Å². The van der Waals surface area contributed by atoms with Crippen molar-refractivity contribution in [2.75, 3.05) is 19.6 Å². The van der Waals surface area contributed by atoms with E-state index in [4.69, 9.17) is 0 Å². The summed E-state index contributed by atoms with van der Waals surface area (Å²) in [6, 6.07) is 0.796. The van der Waals surface area contributed by atoms with Crippen molar-refractivity contribution in [3.8, 4) is 0 Å². The molecule has 19 heavy (non-hydrogen) atoms. The maximum Gasteiger partial charge on any atom is 0.323 e. The van der Waals surface area contributed by atoms with Gasteiger partial charge in [0.15, 0.2) is 0 Å². The molecule has 4 nitrogen and oxygen atoms in total. The predicted molar refractivity (Wildman–Crippen MR) is 76.3 cm³/mol. The monoisotopic (exact) mass is 268 g/mol. The molecule has 2 bridgehead atoms. The van der Waals surface area contributed by atoms with Gasteiger partial charge in [-0.25, -0.2) is 0 Å². The van der Waals surface area contributed by atoms with E-state index >= 15 is 0 Å². The Bertz CT molecular complexity index is 321. The summed E-state index contributed by atoms with van der Waals surface area (Å²) in [4.78, 5) is 14.0. The van der Waals surface area contributed by atoms with Gasteiger partial charge in [-0.05, 0) is 64.5 Å². The van der Waals surface area contributed by atoms with Gasteiger partial charge >= 0.3 is 5.97 Å². The third kappa shape index (κ3) is 3.48. The number of nitrogens with zero attached hydrogens (tertiary/aromatic N) is 1. The molecular weight excluding hydrogens is 240 g/mol. The zero-order valence-electron chi connectivity index (χ0n) is 12.3. The second kappa shape index (κ2) is 6.23. The van der Waals surface area contributed by atoms with Crippen molar-refractivity contribution < 1.29 is 9.90 Å². The van der Waals surface area contributed by atoms with Gasteiger partial charge in [-0.2, -0.15) is 0 Å². The van der Waals surface area contributed by atoms with Gasteiger partial charge in [0.05, 0.1) is 0 Å². The van der Waals surface area contributed by atoms with Crippen LogP contribution < -0.4 is 5.32 Å². The molecule has 2 aliphatic rings. The van der Waals surface area contributed by atoms with Crippen LogP contribution in [0, 0.1) is 5.92 Å². The number of nitrogens with one attached hydrogen (secondary N) is 1. The van der Waals surface area contributed by atoms with Gasteiger partial charge in [-0.1, -0.05) is 6.92 Å². The Balaban J connectivity index is 1.74. The fourth-order valence-electron chi connectivity index (χ4n) is 3.61. The van der Waals surface area contributed by atoms with Gasteiger partial charge < -0.3 is 15.3 Å². The van der Waals surface area contributed by atoms with Crippen molar-refractivity contribution in [2.45, 2.75) is 64.0 Å². The van der Waals surface area contributed by atoms with Crippen molar-refractivity contribution in [1.82, 2.24) is 10.2 Å². The van der Waals surface area contributed by atoms with Crippen molar-refractivity contribution in [3.63, 3.8) is 0 Å². The molecule has 0 aromatic rings. The minimum Gasteiger partial charge on any atom is -0.480 e. The van der Waals surface area contributed by atoms with Gasteiger partial charge in [-0.15, -0.1) is 0 Å². The predicted octanol–water partition coefficient (Wildman–Crippen LogP) is 2.09. The maximum absolute atomic E-state index is 11.4. The third-order valence-electron chi connectivity index (χ3n) is 4.88. The second-order valence-corrected chi connectivity index (χ2v) is 6.50. The molecule has 1 saturated carbocycles. The molecule has 2 N–H and O–H groups in total. The summed E-state index contributed by atoms with van der Waals surface area (Å²) in [6.45, 7) is 6.98. The summed E-state index contributed by atoms with van der Waals surface area (Å²) < 4.78 is 0. The van der Waals surface area contributed by atoms with E-state index in [0.29, 0.717) is 0 Å². The zero-order chi connectivity index (χ0) is 13.9. The lowest BCUT2D eigenvalue weighted by Gasteiger charge is -2.30. The summed E-state index contributed by atoms with van der Waals surface area (Å²) in [6.07, 6.45) is 6.81. The van der Waals surface area contributed by atoms with Crippen LogP contribution in [0.5, 0.6) is 0 Å². The Morgan fingerprint density at radius 2 is 2.26 bits per heavy atom. The van der Waals surface area contributed by atoms with E-state index in [1.165, 1.54) is 25.8 Å². The van der Waals surface area contributed by atoms with Crippen LogP contribution in [-0.2, 0) is 4.79 Å². The molecule has 4 heteroatoms. The number of likely N-dealkylation sites (tertiary alicyclic amines) is 1. The maximum atomic E-state index is 11.4. The summed E-state index contributed by atoms with van der Waals surface area (Å²) in [5.41, 5.74) is -0.755. The summed E-state index contributed by atoms with van der Waals surface area (Å²) in [5, 5.41) is 12.6. The quantitative estimate of drug-likeness (QED) is 0.708. The molecule has 0 radical (unpaired) electrons. The lowest BCUT2D eigenvalue weighted by Crippen LogP contribution is -2.50. The van der Waals surface area contributed by atoms with Crippen molar-refractivity contribution >= 4 is 5.97 Å². The van der Waals surface area contributed by atoms with Gasteiger partial charge in [-0.3, -0.25) is 4.79 Å². The van der Waals surface area contributed by atoms with E-state index in [9.17, 15) is 9.90 Å². The fraction of sp³-hybridized carbons (Fsp3) is 0.933. The third-order valence-corrected chi connectivity index (χ3v) is 4.88. The van der Waals surface area contributed by atoms with Crippen LogP contribution in [-0.4, -0.2) is 47.2 Å². The molecule has 110 valence electrons. The highest BCUT2D eigenvalue weighted by Gasteiger charge is 2.38. The van der Waals surface area contributed by atoms with Gasteiger partial charge in [0, 0.05) is 12.6 Å². The van der Waals surface area contributed by atoms with Crippen molar-refractivity contribution in [3.05, 3.63) is 0 Å². The number of hydrogen-bond donors (Lipinski definition) is 2. The molecule has 0 spiro atoms. The number of piperidine rings is 1. The van der Waals surface area contributed by atoms with Crippen LogP contribution in [0.2, 0.25) is 0 Å². The highest BCUT2D eigenvalue weighted by molar-refractivity contribution is 5.78. The molecule has 1 heterocycles. The van der Waals surface area contributed by atoms with E-state index in [2.05, 4.69) is 17.1 Å². The summed E-state index contributed by atoms with van der Waals surface area (Å²) in [7, 11) is 0. The lowest BCUT2D eigenvalue weighted by atomic mass is 9.95. The Morgan fingerprint density at radius 1 is 1.47 bits per heavy atom. The fourth-order valence-corrected chi connectivity index (χ4v) is 3.61. The standard InChI is InChI=1S/C15H28N2O2/c1-3-8-16-15(2,14(18)19)7-4-9-17-11-12-5-6-13(17)10-12/h12-13,16H,3-11H2,1-2H3,(H,18,19). The van der Waals surface area contributed by atoms with Crippen molar-refractivity contribution in [2.24, 2.45) is 5.92 Å². The second-order valence-electron chi connectivity index (χ2n) is 6.50. The number of carbonyl (C=O) groups is 1. The molecule has 1 aliphatic carbocycles. The first kappa shape index (κ1) is 14.8. The molecule has 2 rings (SSSR count). The number of hydrogen-bond acceptors (Lipinski definition) is 3. The van der Waals surface area contributed by atoms with E-state index in [1.807, 2.05) is 6.92 Å².